The second-order valence-corrected chi connectivity index (χ2v) is 4.58. The van der Waals surface area contributed by atoms with Crippen LogP contribution in [0, 0.1) is 16.7 Å². The van der Waals surface area contributed by atoms with E-state index < -0.39 is 0 Å². The summed E-state index contributed by atoms with van der Waals surface area (Å²) >= 11 is 0. The van der Waals surface area contributed by atoms with E-state index in [0.29, 0.717) is 0 Å². The van der Waals surface area contributed by atoms with E-state index in [-0.39, 0.29) is 5.41 Å². The SMILES string of the molecule is CC(C)=CCNCCCC(C)(C)C#N. The van der Waals surface area contributed by atoms with Crippen molar-refractivity contribution < 1.29 is 0 Å². The van der Waals surface area contributed by atoms with Crippen molar-refractivity contribution in [2.75, 3.05) is 13.1 Å². The molecule has 0 atom stereocenters. The van der Waals surface area contributed by atoms with Crippen molar-refractivity contribution in [2.24, 2.45) is 5.41 Å². The maximum atomic E-state index is 8.79. The zero-order chi connectivity index (χ0) is 11.0. The Morgan fingerprint density at radius 2 is 2.07 bits per heavy atom. The summed E-state index contributed by atoms with van der Waals surface area (Å²) < 4.78 is 0. The van der Waals surface area contributed by atoms with E-state index in [9.17, 15) is 0 Å². The minimum Gasteiger partial charge on any atom is -0.313 e. The van der Waals surface area contributed by atoms with E-state index in [0.717, 1.165) is 25.9 Å². The van der Waals surface area contributed by atoms with Crippen molar-refractivity contribution in [2.45, 2.75) is 40.5 Å². The van der Waals surface area contributed by atoms with Gasteiger partial charge in [0.05, 0.1) is 11.5 Å². The van der Waals surface area contributed by atoms with Gasteiger partial charge in [0.15, 0.2) is 0 Å². The van der Waals surface area contributed by atoms with Gasteiger partial charge in [-0.2, -0.15) is 5.26 Å². The molecule has 2 nitrogen and oxygen atoms in total. The number of rotatable bonds is 6. The van der Waals surface area contributed by atoms with Gasteiger partial charge in [-0.1, -0.05) is 11.6 Å². The van der Waals surface area contributed by atoms with Gasteiger partial charge in [0.2, 0.25) is 0 Å². The number of allylic oxidation sites excluding steroid dienone is 1. The maximum Gasteiger partial charge on any atom is 0.0683 e. The average Bonchev–Trinajstić information content (AvgIpc) is 2.10. The van der Waals surface area contributed by atoms with Crippen LogP contribution in [0.15, 0.2) is 11.6 Å². The Kier molecular flexibility index (Phi) is 6.23. The predicted octanol–water partition coefficient (Wildman–Crippen LogP) is 2.87. The first-order chi connectivity index (χ1) is 6.48. The largest absolute Gasteiger partial charge is 0.313 e. The first kappa shape index (κ1) is 13.2. The van der Waals surface area contributed by atoms with Crippen LogP contribution in [0.3, 0.4) is 0 Å². The first-order valence-corrected chi connectivity index (χ1v) is 5.23. The van der Waals surface area contributed by atoms with Crippen LogP contribution in [0.1, 0.15) is 40.5 Å². The van der Waals surface area contributed by atoms with Crippen molar-refractivity contribution in [1.82, 2.24) is 5.32 Å². The molecule has 0 rings (SSSR count). The topological polar surface area (TPSA) is 35.8 Å². The number of nitriles is 1. The van der Waals surface area contributed by atoms with Crippen molar-refractivity contribution in [1.29, 1.82) is 5.26 Å². The van der Waals surface area contributed by atoms with E-state index in [2.05, 4.69) is 31.3 Å². The van der Waals surface area contributed by atoms with Gasteiger partial charge in [-0.25, -0.2) is 0 Å². The third kappa shape index (κ3) is 7.82. The molecule has 0 spiro atoms. The maximum absolute atomic E-state index is 8.79. The molecule has 1 N–H and O–H groups in total. The van der Waals surface area contributed by atoms with Crippen LogP contribution >= 0.6 is 0 Å². The molecule has 0 aromatic carbocycles. The zero-order valence-electron chi connectivity index (χ0n) is 9.85. The molecular formula is C12H22N2. The quantitative estimate of drug-likeness (QED) is 0.521. The summed E-state index contributed by atoms with van der Waals surface area (Å²) in [5.41, 5.74) is 1.17. The van der Waals surface area contributed by atoms with Crippen molar-refractivity contribution in [3.05, 3.63) is 11.6 Å². The lowest BCUT2D eigenvalue weighted by Gasteiger charge is -2.14. The second-order valence-electron chi connectivity index (χ2n) is 4.58. The van der Waals surface area contributed by atoms with Crippen LogP contribution in [0.4, 0.5) is 0 Å². The monoisotopic (exact) mass is 194 g/mol. The molecule has 0 fully saturated rings. The summed E-state index contributed by atoms with van der Waals surface area (Å²) in [6.45, 7) is 10.1. The lowest BCUT2D eigenvalue weighted by molar-refractivity contribution is 0.429. The summed E-state index contributed by atoms with van der Waals surface area (Å²) in [7, 11) is 0. The summed E-state index contributed by atoms with van der Waals surface area (Å²) in [5, 5.41) is 12.1. The van der Waals surface area contributed by atoms with E-state index in [1.165, 1.54) is 5.57 Å². The van der Waals surface area contributed by atoms with E-state index in [1.807, 2.05) is 13.8 Å². The summed E-state index contributed by atoms with van der Waals surface area (Å²) in [6.07, 6.45) is 4.21. The van der Waals surface area contributed by atoms with Gasteiger partial charge in [-0.05, 0) is 47.1 Å². The Morgan fingerprint density at radius 1 is 1.43 bits per heavy atom. The second kappa shape index (κ2) is 6.62. The average molecular weight is 194 g/mol. The third-order valence-corrected chi connectivity index (χ3v) is 2.11. The van der Waals surface area contributed by atoms with Gasteiger partial charge in [-0.15, -0.1) is 0 Å². The number of hydrogen-bond acceptors (Lipinski definition) is 2. The van der Waals surface area contributed by atoms with Gasteiger partial charge < -0.3 is 5.32 Å². The van der Waals surface area contributed by atoms with Crippen LogP contribution in [0.25, 0.3) is 0 Å². The number of nitrogens with one attached hydrogen (secondary N) is 1. The highest BCUT2D eigenvalue weighted by molar-refractivity contribution is 4.94. The predicted molar refractivity (Wildman–Crippen MR) is 60.9 cm³/mol. The minimum absolute atomic E-state index is 0.168. The molecule has 0 saturated carbocycles. The van der Waals surface area contributed by atoms with Gasteiger partial charge in [0.25, 0.3) is 0 Å². The lowest BCUT2D eigenvalue weighted by Crippen LogP contribution is -2.18. The fourth-order valence-corrected chi connectivity index (χ4v) is 1.09. The Hall–Kier alpha value is -0.810. The Balaban J connectivity index is 3.40. The number of nitrogens with zero attached hydrogens (tertiary/aromatic N) is 1. The standard InChI is InChI=1S/C12H22N2/c1-11(2)6-9-14-8-5-7-12(3,4)10-13/h6,14H,5,7-9H2,1-4H3. The molecule has 0 aromatic rings. The van der Waals surface area contributed by atoms with Crippen LogP contribution in [0.5, 0.6) is 0 Å². The van der Waals surface area contributed by atoms with Crippen LogP contribution in [-0.2, 0) is 0 Å². The lowest BCUT2D eigenvalue weighted by atomic mass is 9.90. The van der Waals surface area contributed by atoms with Gasteiger partial charge in [0, 0.05) is 6.54 Å². The highest BCUT2D eigenvalue weighted by Gasteiger charge is 2.14. The van der Waals surface area contributed by atoms with E-state index >= 15 is 0 Å². The molecule has 0 unspecified atom stereocenters. The van der Waals surface area contributed by atoms with Gasteiger partial charge >= 0.3 is 0 Å². The molecule has 0 amide bonds. The third-order valence-electron chi connectivity index (χ3n) is 2.11. The van der Waals surface area contributed by atoms with Crippen LogP contribution < -0.4 is 5.32 Å². The normalized spacial score (nSPS) is 10.8. The molecule has 0 bridgehead atoms. The molecule has 0 aromatic heterocycles. The van der Waals surface area contributed by atoms with E-state index in [4.69, 9.17) is 5.26 Å². The molecular weight excluding hydrogens is 172 g/mol. The molecule has 0 aliphatic rings. The molecule has 0 radical (unpaired) electrons. The molecule has 14 heavy (non-hydrogen) atoms. The minimum atomic E-state index is -0.168. The fraction of sp³-hybridized carbons (Fsp3) is 0.750. The summed E-state index contributed by atoms with van der Waals surface area (Å²) in [5.74, 6) is 0. The van der Waals surface area contributed by atoms with E-state index in [1.54, 1.807) is 0 Å². The summed E-state index contributed by atoms with van der Waals surface area (Å²) in [6, 6.07) is 2.31. The first-order valence-electron chi connectivity index (χ1n) is 5.23. The smallest absolute Gasteiger partial charge is 0.0683 e. The van der Waals surface area contributed by atoms with Crippen LogP contribution in [-0.4, -0.2) is 13.1 Å². The Bertz CT molecular complexity index is 217. The molecule has 0 saturated heterocycles. The van der Waals surface area contributed by atoms with Crippen molar-refractivity contribution in [3.8, 4) is 6.07 Å². The van der Waals surface area contributed by atoms with Crippen molar-refractivity contribution >= 4 is 0 Å². The molecule has 80 valence electrons. The highest BCUT2D eigenvalue weighted by atomic mass is 14.8. The van der Waals surface area contributed by atoms with Crippen molar-refractivity contribution in [3.63, 3.8) is 0 Å². The molecule has 0 heterocycles. The van der Waals surface area contributed by atoms with Gasteiger partial charge in [-0.3, -0.25) is 0 Å². The zero-order valence-corrected chi connectivity index (χ0v) is 9.85. The Morgan fingerprint density at radius 3 is 2.57 bits per heavy atom. The molecule has 0 aliphatic carbocycles. The summed E-state index contributed by atoms with van der Waals surface area (Å²) in [4.78, 5) is 0. The van der Waals surface area contributed by atoms with Gasteiger partial charge in [0.1, 0.15) is 0 Å². The van der Waals surface area contributed by atoms with Crippen LogP contribution in [0.2, 0.25) is 0 Å². The fourth-order valence-electron chi connectivity index (χ4n) is 1.09. The highest BCUT2D eigenvalue weighted by Crippen LogP contribution is 2.19. The molecule has 0 aliphatic heterocycles. The Labute approximate surface area is 88.0 Å². The number of hydrogen-bond donors (Lipinski definition) is 1. The molecule has 2 heteroatoms.